The van der Waals surface area contributed by atoms with E-state index in [-0.39, 0.29) is 5.97 Å². The molecule has 0 aliphatic heterocycles. The van der Waals surface area contributed by atoms with E-state index < -0.39 is 6.10 Å². The standard InChI is InChI=1S/C8H14O3/c1-3-7(9)5-4-6-8(10)11-2/h3,7,9H,1,4-6H2,2H3. The second-order valence-electron chi connectivity index (χ2n) is 2.27. The van der Waals surface area contributed by atoms with Crippen molar-refractivity contribution in [3.63, 3.8) is 0 Å². The van der Waals surface area contributed by atoms with Gasteiger partial charge in [0.05, 0.1) is 13.2 Å². The van der Waals surface area contributed by atoms with Crippen molar-refractivity contribution in [1.82, 2.24) is 0 Å². The second-order valence-corrected chi connectivity index (χ2v) is 2.27. The summed E-state index contributed by atoms with van der Waals surface area (Å²) in [6.45, 7) is 3.41. The van der Waals surface area contributed by atoms with E-state index in [2.05, 4.69) is 11.3 Å². The van der Waals surface area contributed by atoms with Gasteiger partial charge in [0.1, 0.15) is 0 Å². The fourth-order valence-corrected chi connectivity index (χ4v) is 0.675. The SMILES string of the molecule is C=CC(O)CCCC(=O)OC. The molecule has 0 aliphatic rings. The third kappa shape index (κ3) is 5.61. The number of carbonyl (C=O) groups excluding carboxylic acids is 1. The Balaban J connectivity index is 3.26. The van der Waals surface area contributed by atoms with Gasteiger partial charge in [-0.3, -0.25) is 4.79 Å². The normalized spacial score (nSPS) is 12.2. The summed E-state index contributed by atoms with van der Waals surface area (Å²) >= 11 is 0. The van der Waals surface area contributed by atoms with Gasteiger partial charge in [0.2, 0.25) is 0 Å². The van der Waals surface area contributed by atoms with E-state index >= 15 is 0 Å². The Kier molecular flexibility index (Phi) is 5.47. The molecule has 64 valence electrons. The van der Waals surface area contributed by atoms with Crippen LogP contribution in [-0.2, 0) is 9.53 Å². The zero-order valence-electron chi connectivity index (χ0n) is 6.75. The first-order valence-electron chi connectivity index (χ1n) is 3.58. The summed E-state index contributed by atoms with van der Waals surface area (Å²) in [6.07, 6.45) is 2.52. The Hall–Kier alpha value is -0.830. The van der Waals surface area contributed by atoms with Gasteiger partial charge in [-0.05, 0) is 12.8 Å². The third-order valence-electron chi connectivity index (χ3n) is 1.38. The highest BCUT2D eigenvalue weighted by Gasteiger charge is 2.02. The van der Waals surface area contributed by atoms with E-state index in [9.17, 15) is 4.79 Å². The van der Waals surface area contributed by atoms with Crippen LogP contribution < -0.4 is 0 Å². The van der Waals surface area contributed by atoms with Crippen LogP contribution in [0.25, 0.3) is 0 Å². The molecule has 3 nitrogen and oxygen atoms in total. The Morgan fingerprint density at radius 3 is 2.91 bits per heavy atom. The van der Waals surface area contributed by atoms with Crippen LogP contribution in [0.2, 0.25) is 0 Å². The van der Waals surface area contributed by atoms with Gasteiger partial charge in [-0.1, -0.05) is 6.08 Å². The van der Waals surface area contributed by atoms with E-state index in [0.717, 1.165) is 0 Å². The van der Waals surface area contributed by atoms with Crippen molar-refractivity contribution >= 4 is 5.97 Å². The van der Waals surface area contributed by atoms with Gasteiger partial charge in [0, 0.05) is 6.42 Å². The Morgan fingerprint density at radius 2 is 2.45 bits per heavy atom. The van der Waals surface area contributed by atoms with E-state index in [1.54, 1.807) is 0 Å². The van der Waals surface area contributed by atoms with Crippen LogP contribution in [0.15, 0.2) is 12.7 Å². The van der Waals surface area contributed by atoms with Crippen molar-refractivity contribution in [2.24, 2.45) is 0 Å². The number of rotatable bonds is 5. The van der Waals surface area contributed by atoms with Gasteiger partial charge < -0.3 is 9.84 Å². The molecule has 1 unspecified atom stereocenters. The minimum atomic E-state index is -0.500. The maximum atomic E-state index is 10.6. The van der Waals surface area contributed by atoms with E-state index in [4.69, 9.17) is 5.11 Å². The fraction of sp³-hybridized carbons (Fsp3) is 0.625. The summed E-state index contributed by atoms with van der Waals surface area (Å²) in [7, 11) is 1.35. The first kappa shape index (κ1) is 10.2. The second kappa shape index (κ2) is 5.92. The molecule has 0 aromatic heterocycles. The van der Waals surface area contributed by atoms with Crippen LogP contribution in [0.1, 0.15) is 19.3 Å². The summed E-state index contributed by atoms with van der Waals surface area (Å²) in [5, 5.41) is 8.97. The molecular formula is C8H14O3. The fourth-order valence-electron chi connectivity index (χ4n) is 0.675. The zero-order chi connectivity index (χ0) is 8.69. The summed E-state index contributed by atoms with van der Waals surface area (Å²) in [4.78, 5) is 10.6. The van der Waals surface area contributed by atoms with E-state index in [0.29, 0.717) is 19.3 Å². The molecule has 0 aliphatic carbocycles. The van der Waals surface area contributed by atoms with Crippen molar-refractivity contribution in [3.8, 4) is 0 Å². The molecule has 11 heavy (non-hydrogen) atoms. The minimum Gasteiger partial charge on any atom is -0.469 e. The van der Waals surface area contributed by atoms with Crippen molar-refractivity contribution in [3.05, 3.63) is 12.7 Å². The molecule has 1 atom stereocenters. The number of hydrogen-bond acceptors (Lipinski definition) is 3. The number of aliphatic hydroxyl groups is 1. The smallest absolute Gasteiger partial charge is 0.305 e. The molecule has 0 spiro atoms. The lowest BCUT2D eigenvalue weighted by molar-refractivity contribution is -0.140. The van der Waals surface area contributed by atoms with Gasteiger partial charge >= 0.3 is 5.97 Å². The Morgan fingerprint density at radius 1 is 1.82 bits per heavy atom. The van der Waals surface area contributed by atoms with Gasteiger partial charge in [0.25, 0.3) is 0 Å². The largest absolute Gasteiger partial charge is 0.469 e. The number of aliphatic hydroxyl groups excluding tert-OH is 1. The first-order valence-corrected chi connectivity index (χ1v) is 3.58. The Labute approximate surface area is 66.7 Å². The molecule has 0 saturated heterocycles. The average molecular weight is 158 g/mol. The molecule has 0 amide bonds. The average Bonchev–Trinajstić information content (AvgIpc) is 2.04. The van der Waals surface area contributed by atoms with E-state index in [1.165, 1.54) is 13.2 Å². The molecule has 0 aromatic rings. The lowest BCUT2D eigenvalue weighted by Gasteiger charge is -2.02. The first-order chi connectivity index (χ1) is 5.20. The highest BCUT2D eigenvalue weighted by Crippen LogP contribution is 2.01. The number of ether oxygens (including phenoxy) is 1. The molecule has 0 heterocycles. The van der Waals surface area contributed by atoms with Crippen molar-refractivity contribution in [2.45, 2.75) is 25.4 Å². The molecule has 0 saturated carbocycles. The maximum Gasteiger partial charge on any atom is 0.305 e. The predicted molar refractivity (Wildman–Crippen MR) is 42.1 cm³/mol. The zero-order valence-corrected chi connectivity index (χ0v) is 6.75. The van der Waals surface area contributed by atoms with Crippen LogP contribution >= 0.6 is 0 Å². The molecular weight excluding hydrogens is 144 g/mol. The number of esters is 1. The lowest BCUT2D eigenvalue weighted by atomic mass is 10.1. The monoisotopic (exact) mass is 158 g/mol. The van der Waals surface area contributed by atoms with Crippen LogP contribution in [-0.4, -0.2) is 24.3 Å². The van der Waals surface area contributed by atoms with Crippen LogP contribution in [0.4, 0.5) is 0 Å². The summed E-state index contributed by atoms with van der Waals surface area (Å²) in [6, 6.07) is 0. The van der Waals surface area contributed by atoms with Crippen LogP contribution in [0.5, 0.6) is 0 Å². The number of carbonyl (C=O) groups is 1. The molecule has 0 fully saturated rings. The summed E-state index contributed by atoms with van der Waals surface area (Å²) < 4.78 is 4.42. The molecule has 1 N–H and O–H groups in total. The molecule has 0 radical (unpaired) electrons. The van der Waals surface area contributed by atoms with Crippen molar-refractivity contribution in [1.29, 1.82) is 0 Å². The molecule has 0 rings (SSSR count). The van der Waals surface area contributed by atoms with Gasteiger partial charge in [0.15, 0.2) is 0 Å². The highest BCUT2D eigenvalue weighted by molar-refractivity contribution is 5.68. The topological polar surface area (TPSA) is 46.5 Å². The summed E-state index contributed by atoms with van der Waals surface area (Å²) in [5.74, 6) is -0.235. The van der Waals surface area contributed by atoms with Gasteiger partial charge in [-0.2, -0.15) is 0 Å². The number of methoxy groups -OCH3 is 1. The minimum absolute atomic E-state index is 0.235. The van der Waals surface area contributed by atoms with Gasteiger partial charge in [-0.25, -0.2) is 0 Å². The van der Waals surface area contributed by atoms with Gasteiger partial charge in [-0.15, -0.1) is 6.58 Å². The quantitative estimate of drug-likeness (QED) is 0.477. The maximum absolute atomic E-state index is 10.6. The predicted octanol–water partition coefficient (Wildman–Crippen LogP) is 0.877. The molecule has 0 aromatic carbocycles. The highest BCUT2D eigenvalue weighted by atomic mass is 16.5. The van der Waals surface area contributed by atoms with E-state index in [1.807, 2.05) is 0 Å². The Bertz CT molecular complexity index is 131. The third-order valence-corrected chi connectivity index (χ3v) is 1.38. The van der Waals surface area contributed by atoms with Crippen LogP contribution in [0.3, 0.4) is 0 Å². The molecule has 0 bridgehead atoms. The van der Waals surface area contributed by atoms with Crippen molar-refractivity contribution in [2.75, 3.05) is 7.11 Å². The number of hydrogen-bond donors (Lipinski definition) is 1. The molecule has 3 heteroatoms. The summed E-state index contributed by atoms with van der Waals surface area (Å²) in [5.41, 5.74) is 0. The van der Waals surface area contributed by atoms with Crippen LogP contribution in [0, 0.1) is 0 Å². The van der Waals surface area contributed by atoms with Crippen molar-refractivity contribution < 1.29 is 14.6 Å². The lowest BCUT2D eigenvalue weighted by Crippen LogP contribution is -2.04.